The summed E-state index contributed by atoms with van der Waals surface area (Å²) in [5, 5.41) is 0. The molecular weight excluding hydrogens is 246 g/mol. The minimum absolute atomic E-state index is 0.0709. The van der Waals surface area contributed by atoms with Gasteiger partial charge in [-0.2, -0.15) is 0 Å². The maximum Gasteiger partial charge on any atom is 0.138 e. The number of rotatable bonds is 4. The number of aryl methyl sites for hydroxylation is 3. The summed E-state index contributed by atoms with van der Waals surface area (Å²) in [4.78, 5) is 0. The maximum absolute atomic E-state index is 6.13. The maximum atomic E-state index is 6.13. The summed E-state index contributed by atoms with van der Waals surface area (Å²) in [5.74, 6) is 0.872. The van der Waals surface area contributed by atoms with Gasteiger partial charge >= 0.3 is 0 Å². The van der Waals surface area contributed by atoms with Crippen LogP contribution in [0.2, 0.25) is 0 Å². The van der Waals surface area contributed by atoms with E-state index in [4.69, 9.17) is 10.5 Å². The molecule has 0 aliphatic carbocycles. The summed E-state index contributed by atoms with van der Waals surface area (Å²) in [6.07, 6.45) is -0.128. The molecule has 2 N–H and O–H groups in total. The predicted molar refractivity (Wildman–Crippen MR) is 84.1 cm³/mol. The lowest BCUT2D eigenvalue weighted by Crippen LogP contribution is -2.29. The molecule has 2 atom stereocenters. The van der Waals surface area contributed by atoms with Gasteiger partial charge in [0.05, 0.1) is 0 Å². The molecule has 0 radical (unpaired) electrons. The highest BCUT2D eigenvalue weighted by molar-refractivity contribution is 5.35. The molecule has 2 unspecified atom stereocenters. The largest absolute Gasteiger partial charge is 0.484 e. The number of benzene rings is 2. The first-order valence-corrected chi connectivity index (χ1v) is 7.03. The normalized spacial score (nSPS) is 13.8. The summed E-state index contributed by atoms with van der Waals surface area (Å²) in [7, 11) is 0. The van der Waals surface area contributed by atoms with Crippen molar-refractivity contribution in [2.45, 2.75) is 39.8 Å². The molecule has 106 valence electrons. The Balaban J connectivity index is 2.28. The summed E-state index contributed by atoms with van der Waals surface area (Å²) in [6.45, 7) is 8.25. The van der Waals surface area contributed by atoms with E-state index in [9.17, 15) is 0 Å². The predicted octanol–water partition coefficient (Wildman–Crippen LogP) is 4.08. The van der Waals surface area contributed by atoms with Crippen LogP contribution in [-0.4, -0.2) is 6.04 Å². The van der Waals surface area contributed by atoms with Crippen LogP contribution in [0.4, 0.5) is 0 Å². The minimum Gasteiger partial charge on any atom is -0.484 e. The van der Waals surface area contributed by atoms with Crippen molar-refractivity contribution in [3.63, 3.8) is 0 Å². The van der Waals surface area contributed by atoms with Crippen molar-refractivity contribution in [2.24, 2.45) is 5.73 Å². The van der Waals surface area contributed by atoms with Crippen molar-refractivity contribution < 1.29 is 4.74 Å². The van der Waals surface area contributed by atoms with Crippen molar-refractivity contribution in [3.05, 3.63) is 64.7 Å². The first kappa shape index (κ1) is 14.6. The number of nitrogens with two attached hydrogens (primary N) is 1. The Bertz CT molecular complexity index is 590. The van der Waals surface area contributed by atoms with Gasteiger partial charge in [-0.3, -0.25) is 0 Å². The van der Waals surface area contributed by atoms with Crippen molar-refractivity contribution in [3.8, 4) is 5.75 Å². The zero-order chi connectivity index (χ0) is 14.7. The van der Waals surface area contributed by atoms with Crippen molar-refractivity contribution in [1.29, 1.82) is 0 Å². The van der Waals surface area contributed by atoms with Gasteiger partial charge < -0.3 is 10.5 Å². The van der Waals surface area contributed by atoms with E-state index in [0.717, 1.165) is 11.3 Å². The second-order valence-corrected chi connectivity index (χ2v) is 5.56. The molecule has 2 aromatic carbocycles. The smallest absolute Gasteiger partial charge is 0.138 e. The monoisotopic (exact) mass is 269 g/mol. The van der Waals surface area contributed by atoms with Crippen LogP contribution in [0.1, 0.15) is 35.3 Å². The number of ether oxygens (including phenoxy) is 1. The van der Waals surface area contributed by atoms with Crippen LogP contribution in [-0.2, 0) is 0 Å². The van der Waals surface area contributed by atoms with Gasteiger partial charge in [-0.25, -0.2) is 0 Å². The third-order valence-electron chi connectivity index (χ3n) is 3.59. The van der Waals surface area contributed by atoms with Gasteiger partial charge in [-0.15, -0.1) is 0 Å². The molecule has 2 aromatic rings. The first-order valence-electron chi connectivity index (χ1n) is 7.03. The molecular formula is C18H23NO. The van der Waals surface area contributed by atoms with E-state index in [1.165, 1.54) is 16.7 Å². The van der Waals surface area contributed by atoms with Crippen LogP contribution >= 0.6 is 0 Å². The molecule has 0 amide bonds. The number of hydrogen-bond donors (Lipinski definition) is 1. The fourth-order valence-corrected chi connectivity index (χ4v) is 2.26. The van der Waals surface area contributed by atoms with Crippen molar-refractivity contribution in [2.75, 3.05) is 0 Å². The van der Waals surface area contributed by atoms with Gasteiger partial charge in [0.25, 0.3) is 0 Å². The van der Waals surface area contributed by atoms with Crippen LogP contribution < -0.4 is 10.5 Å². The van der Waals surface area contributed by atoms with Crippen LogP contribution in [0, 0.1) is 20.8 Å². The Labute approximate surface area is 121 Å². The van der Waals surface area contributed by atoms with Gasteiger partial charge in [0, 0.05) is 6.04 Å². The number of hydrogen-bond acceptors (Lipinski definition) is 2. The lowest BCUT2D eigenvalue weighted by atomic mass is 10.0. The molecule has 0 saturated heterocycles. The van der Waals surface area contributed by atoms with E-state index in [-0.39, 0.29) is 12.1 Å². The molecule has 0 aromatic heterocycles. The second-order valence-electron chi connectivity index (χ2n) is 5.56. The third kappa shape index (κ3) is 3.40. The van der Waals surface area contributed by atoms with Crippen LogP contribution in [0.5, 0.6) is 5.75 Å². The molecule has 0 fully saturated rings. The van der Waals surface area contributed by atoms with E-state index in [2.05, 4.69) is 51.1 Å². The average Bonchev–Trinajstić information content (AvgIpc) is 2.39. The average molecular weight is 269 g/mol. The van der Waals surface area contributed by atoms with E-state index in [1.807, 2.05) is 19.1 Å². The third-order valence-corrected chi connectivity index (χ3v) is 3.59. The van der Waals surface area contributed by atoms with Gasteiger partial charge in [-0.1, -0.05) is 35.9 Å². The molecule has 2 nitrogen and oxygen atoms in total. The van der Waals surface area contributed by atoms with Gasteiger partial charge in [0.1, 0.15) is 11.9 Å². The molecule has 20 heavy (non-hydrogen) atoms. The SMILES string of the molecule is Cc1cccc(C(Oc2ccc(C)c(C)c2)C(C)N)c1. The van der Waals surface area contributed by atoms with Crippen LogP contribution in [0.3, 0.4) is 0 Å². The van der Waals surface area contributed by atoms with E-state index in [0.29, 0.717) is 0 Å². The minimum atomic E-state index is -0.128. The lowest BCUT2D eigenvalue weighted by molar-refractivity contribution is 0.180. The zero-order valence-corrected chi connectivity index (χ0v) is 12.7. The Kier molecular flexibility index (Phi) is 4.46. The fraction of sp³-hybridized carbons (Fsp3) is 0.333. The Morgan fingerprint density at radius 2 is 1.70 bits per heavy atom. The Hall–Kier alpha value is -1.80. The Morgan fingerprint density at radius 1 is 0.950 bits per heavy atom. The summed E-state index contributed by atoms with van der Waals surface area (Å²) in [5.41, 5.74) is 11.0. The second kappa shape index (κ2) is 6.10. The zero-order valence-electron chi connectivity index (χ0n) is 12.7. The quantitative estimate of drug-likeness (QED) is 0.907. The van der Waals surface area contributed by atoms with E-state index < -0.39 is 0 Å². The highest BCUT2D eigenvalue weighted by Crippen LogP contribution is 2.26. The molecule has 0 spiro atoms. The standard InChI is InChI=1S/C18H23NO/c1-12-6-5-7-16(10-12)18(15(4)19)20-17-9-8-13(2)14(3)11-17/h5-11,15,18H,19H2,1-4H3. The van der Waals surface area contributed by atoms with Crippen LogP contribution in [0.15, 0.2) is 42.5 Å². The van der Waals surface area contributed by atoms with Gasteiger partial charge in [0.15, 0.2) is 0 Å². The topological polar surface area (TPSA) is 35.2 Å². The summed E-state index contributed by atoms with van der Waals surface area (Å²) < 4.78 is 6.13. The van der Waals surface area contributed by atoms with Gasteiger partial charge in [-0.05, 0) is 56.5 Å². The molecule has 0 aliphatic heterocycles. The van der Waals surface area contributed by atoms with Crippen LogP contribution in [0.25, 0.3) is 0 Å². The molecule has 0 heterocycles. The summed E-state index contributed by atoms with van der Waals surface area (Å²) >= 11 is 0. The highest BCUT2D eigenvalue weighted by atomic mass is 16.5. The van der Waals surface area contributed by atoms with Gasteiger partial charge in [0.2, 0.25) is 0 Å². The van der Waals surface area contributed by atoms with Crippen molar-refractivity contribution in [1.82, 2.24) is 0 Å². The fourth-order valence-electron chi connectivity index (χ4n) is 2.26. The van der Waals surface area contributed by atoms with Crippen molar-refractivity contribution >= 4 is 0 Å². The Morgan fingerprint density at radius 3 is 2.30 bits per heavy atom. The van der Waals surface area contributed by atoms with E-state index >= 15 is 0 Å². The molecule has 0 saturated carbocycles. The van der Waals surface area contributed by atoms with E-state index in [1.54, 1.807) is 0 Å². The molecule has 2 heteroatoms. The summed E-state index contributed by atoms with van der Waals surface area (Å²) in [6, 6.07) is 14.4. The molecule has 2 rings (SSSR count). The highest BCUT2D eigenvalue weighted by Gasteiger charge is 2.18. The molecule has 0 bridgehead atoms. The first-order chi connectivity index (χ1) is 9.47. The molecule has 0 aliphatic rings. The lowest BCUT2D eigenvalue weighted by Gasteiger charge is -2.23.